The van der Waals surface area contributed by atoms with Gasteiger partial charge in [0.25, 0.3) is 0 Å². The van der Waals surface area contributed by atoms with E-state index in [0.717, 1.165) is 12.1 Å². The van der Waals surface area contributed by atoms with Crippen molar-refractivity contribution in [1.29, 1.82) is 0 Å². The highest BCUT2D eigenvalue weighted by molar-refractivity contribution is 7.88. The Hall–Kier alpha value is -1.48. The fourth-order valence-corrected chi connectivity index (χ4v) is 4.45. The van der Waals surface area contributed by atoms with Crippen LogP contribution in [-0.2, 0) is 22.2 Å². The van der Waals surface area contributed by atoms with Crippen LogP contribution in [0.3, 0.4) is 0 Å². The zero-order valence-electron chi connectivity index (χ0n) is 14.1. The van der Waals surface area contributed by atoms with Crippen LogP contribution in [0, 0.1) is 6.92 Å². The summed E-state index contributed by atoms with van der Waals surface area (Å²) in [6.07, 6.45) is 0.679. The summed E-state index contributed by atoms with van der Waals surface area (Å²) in [5, 5.41) is 8.39. The first-order chi connectivity index (χ1) is 11.9. The van der Waals surface area contributed by atoms with Crippen molar-refractivity contribution in [3.8, 4) is 0 Å². The van der Waals surface area contributed by atoms with Crippen molar-refractivity contribution in [2.45, 2.75) is 19.1 Å². The smallest absolute Gasteiger partial charge is 0.218 e. The van der Waals surface area contributed by atoms with E-state index in [0.29, 0.717) is 49.4 Å². The Bertz CT molecular complexity index is 799. The largest absolute Gasteiger partial charge is 0.426 e. The summed E-state index contributed by atoms with van der Waals surface area (Å²) in [6.45, 7) is 4.95. The Morgan fingerprint density at radius 2 is 1.80 bits per heavy atom. The Balaban J connectivity index is 1.49. The Morgan fingerprint density at radius 3 is 2.40 bits per heavy atom. The lowest BCUT2D eigenvalue weighted by molar-refractivity contribution is 0.186. The van der Waals surface area contributed by atoms with Gasteiger partial charge in [-0.15, -0.1) is 10.2 Å². The topological polar surface area (TPSA) is 79.5 Å². The van der Waals surface area contributed by atoms with Crippen LogP contribution in [0.4, 0.5) is 0 Å². The molecule has 0 unspecified atom stereocenters. The zero-order valence-corrected chi connectivity index (χ0v) is 15.6. The minimum Gasteiger partial charge on any atom is -0.426 e. The molecule has 3 rings (SSSR count). The van der Waals surface area contributed by atoms with Crippen LogP contribution in [-0.4, -0.2) is 60.5 Å². The van der Waals surface area contributed by atoms with Crippen molar-refractivity contribution in [3.63, 3.8) is 0 Å². The third kappa shape index (κ3) is 5.01. The molecule has 0 N–H and O–H groups in total. The Labute approximate surface area is 152 Å². The molecule has 0 saturated carbocycles. The van der Waals surface area contributed by atoms with Crippen molar-refractivity contribution in [1.82, 2.24) is 19.4 Å². The van der Waals surface area contributed by atoms with E-state index in [-0.39, 0.29) is 5.75 Å². The number of benzene rings is 1. The van der Waals surface area contributed by atoms with E-state index >= 15 is 0 Å². The number of hydrogen-bond donors (Lipinski definition) is 0. The van der Waals surface area contributed by atoms with Gasteiger partial charge in [-0.1, -0.05) is 23.7 Å². The molecule has 0 spiro atoms. The lowest BCUT2D eigenvalue weighted by atomic mass is 10.2. The van der Waals surface area contributed by atoms with Crippen molar-refractivity contribution in [3.05, 3.63) is 46.6 Å². The molecule has 1 aliphatic rings. The van der Waals surface area contributed by atoms with Crippen LogP contribution in [0.1, 0.15) is 17.3 Å². The van der Waals surface area contributed by atoms with Gasteiger partial charge in [0.2, 0.25) is 21.8 Å². The van der Waals surface area contributed by atoms with Gasteiger partial charge < -0.3 is 9.32 Å². The predicted octanol–water partition coefficient (Wildman–Crippen LogP) is 1.72. The lowest BCUT2D eigenvalue weighted by Crippen LogP contribution is -2.49. The summed E-state index contributed by atoms with van der Waals surface area (Å²) < 4.78 is 32.1. The van der Waals surface area contributed by atoms with Gasteiger partial charge in [0, 0.05) is 51.1 Å². The standard InChI is InChI=1S/C16H21ClN4O3S/c1-13-18-19-16(24-13)6-7-20-8-10-21(11-9-20)25(22,23)12-14-2-4-15(17)5-3-14/h2-5H,6-12H2,1H3. The maximum Gasteiger partial charge on any atom is 0.218 e. The van der Waals surface area contributed by atoms with E-state index in [1.165, 1.54) is 0 Å². The van der Waals surface area contributed by atoms with Crippen molar-refractivity contribution >= 4 is 21.6 Å². The minimum atomic E-state index is -3.31. The number of aromatic nitrogens is 2. The molecule has 25 heavy (non-hydrogen) atoms. The molecule has 2 heterocycles. The third-order valence-corrected chi connectivity index (χ3v) is 6.30. The van der Waals surface area contributed by atoms with E-state index in [4.69, 9.17) is 16.0 Å². The molecule has 1 saturated heterocycles. The fraction of sp³-hybridized carbons (Fsp3) is 0.500. The van der Waals surface area contributed by atoms with Crippen molar-refractivity contribution < 1.29 is 12.8 Å². The molecule has 9 heteroatoms. The number of hydrogen-bond acceptors (Lipinski definition) is 6. The van der Waals surface area contributed by atoms with E-state index in [9.17, 15) is 8.42 Å². The minimum absolute atomic E-state index is 0.00539. The quantitative estimate of drug-likeness (QED) is 0.754. The van der Waals surface area contributed by atoms with Crippen LogP contribution in [0.15, 0.2) is 28.7 Å². The predicted molar refractivity (Wildman–Crippen MR) is 94.8 cm³/mol. The lowest BCUT2D eigenvalue weighted by Gasteiger charge is -2.33. The number of nitrogens with zero attached hydrogens (tertiary/aromatic N) is 4. The molecule has 1 aromatic carbocycles. The van der Waals surface area contributed by atoms with Gasteiger partial charge in [0.1, 0.15) is 0 Å². The summed E-state index contributed by atoms with van der Waals surface area (Å²) in [5.41, 5.74) is 0.749. The SMILES string of the molecule is Cc1nnc(CCN2CCN(S(=O)(=O)Cc3ccc(Cl)cc3)CC2)o1. The van der Waals surface area contributed by atoms with Crippen LogP contribution >= 0.6 is 11.6 Å². The van der Waals surface area contributed by atoms with Crippen LogP contribution < -0.4 is 0 Å². The number of sulfonamides is 1. The van der Waals surface area contributed by atoms with Gasteiger partial charge >= 0.3 is 0 Å². The summed E-state index contributed by atoms with van der Waals surface area (Å²) in [6, 6.07) is 6.93. The highest BCUT2D eigenvalue weighted by atomic mass is 35.5. The molecule has 2 aromatic rings. The van der Waals surface area contributed by atoms with Crippen LogP contribution in [0.5, 0.6) is 0 Å². The van der Waals surface area contributed by atoms with Crippen LogP contribution in [0.2, 0.25) is 5.02 Å². The van der Waals surface area contributed by atoms with E-state index in [1.54, 1.807) is 35.5 Å². The van der Waals surface area contributed by atoms with Crippen molar-refractivity contribution in [2.24, 2.45) is 0 Å². The molecular formula is C16H21ClN4O3S. The van der Waals surface area contributed by atoms with E-state index < -0.39 is 10.0 Å². The number of halogens is 1. The first kappa shape index (κ1) is 18.3. The molecule has 1 fully saturated rings. The van der Waals surface area contributed by atoms with Gasteiger partial charge in [-0.05, 0) is 17.7 Å². The molecule has 0 radical (unpaired) electrons. The molecule has 1 aliphatic heterocycles. The highest BCUT2D eigenvalue weighted by Gasteiger charge is 2.27. The van der Waals surface area contributed by atoms with E-state index in [2.05, 4.69) is 15.1 Å². The monoisotopic (exact) mass is 384 g/mol. The van der Waals surface area contributed by atoms with Gasteiger partial charge in [0.05, 0.1) is 5.75 Å². The second-order valence-corrected chi connectivity index (χ2v) is 8.49. The third-order valence-electron chi connectivity index (χ3n) is 4.20. The first-order valence-electron chi connectivity index (χ1n) is 8.16. The second-order valence-electron chi connectivity index (χ2n) is 6.09. The molecule has 0 bridgehead atoms. The molecule has 1 aromatic heterocycles. The maximum absolute atomic E-state index is 12.6. The molecule has 0 atom stereocenters. The summed E-state index contributed by atoms with van der Waals surface area (Å²) in [5.74, 6) is 1.19. The maximum atomic E-state index is 12.6. The normalized spacial score (nSPS) is 17.0. The average Bonchev–Trinajstić information content (AvgIpc) is 3.01. The Kier molecular flexibility index (Phi) is 5.73. The summed E-state index contributed by atoms with van der Waals surface area (Å²) in [7, 11) is -3.31. The number of piperazine rings is 1. The second kappa shape index (κ2) is 7.82. The fourth-order valence-electron chi connectivity index (χ4n) is 2.81. The molecule has 136 valence electrons. The Morgan fingerprint density at radius 1 is 1.12 bits per heavy atom. The molecule has 0 aliphatic carbocycles. The van der Waals surface area contributed by atoms with Crippen LogP contribution in [0.25, 0.3) is 0 Å². The van der Waals surface area contributed by atoms with Gasteiger partial charge in [-0.3, -0.25) is 0 Å². The molecule has 0 amide bonds. The highest BCUT2D eigenvalue weighted by Crippen LogP contribution is 2.16. The number of rotatable bonds is 6. The van der Waals surface area contributed by atoms with Gasteiger partial charge in [-0.25, -0.2) is 8.42 Å². The zero-order chi connectivity index (χ0) is 17.9. The summed E-state index contributed by atoms with van der Waals surface area (Å²) >= 11 is 5.84. The molecule has 7 nitrogen and oxygen atoms in total. The average molecular weight is 385 g/mol. The summed E-state index contributed by atoms with van der Waals surface area (Å²) in [4.78, 5) is 2.22. The number of aryl methyl sites for hydroxylation is 1. The van der Waals surface area contributed by atoms with Gasteiger partial charge in [-0.2, -0.15) is 4.31 Å². The van der Waals surface area contributed by atoms with Crippen molar-refractivity contribution in [2.75, 3.05) is 32.7 Å². The van der Waals surface area contributed by atoms with E-state index in [1.807, 2.05) is 0 Å². The molecular weight excluding hydrogens is 364 g/mol. The first-order valence-corrected chi connectivity index (χ1v) is 10.1. The van der Waals surface area contributed by atoms with Gasteiger partial charge in [0.15, 0.2) is 0 Å².